The summed E-state index contributed by atoms with van der Waals surface area (Å²) >= 11 is 6.12. The summed E-state index contributed by atoms with van der Waals surface area (Å²) in [6.07, 6.45) is 1.79. The third-order valence-corrected chi connectivity index (χ3v) is 2.87. The van der Waals surface area contributed by atoms with Crippen LogP contribution in [0.1, 0.15) is 0 Å². The van der Waals surface area contributed by atoms with E-state index in [9.17, 15) is 4.79 Å². The van der Waals surface area contributed by atoms with Crippen LogP contribution >= 0.6 is 11.6 Å². The maximum Gasteiger partial charge on any atom is 0.250 e. The Bertz CT molecular complexity index is 578. The van der Waals surface area contributed by atoms with Crippen LogP contribution in [0.3, 0.4) is 0 Å². The second-order valence-electron chi connectivity index (χ2n) is 3.72. The summed E-state index contributed by atoms with van der Waals surface area (Å²) in [7, 11) is 0. The molecule has 1 aromatic heterocycles. The van der Waals surface area contributed by atoms with Crippen molar-refractivity contribution >= 4 is 11.6 Å². The normalized spacial score (nSPS) is 10.5. The lowest BCUT2D eigenvalue weighted by Crippen LogP contribution is -2.22. The number of rotatable bonds is 3. The van der Waals surface area contributed by atoms with Crippen LogP contribution in [0, 0.1) is 0 Å². The maximum absolute atomic E-state index is 11.6. The number of nitrogens with zero attached hydrogens (tertiary/aromatic N) is 1. The monoisotopic (exact) mass is 248 g/mol. The van der Waals surface area contributed by atoms with Crippen molar-refractivity contribution in [1.29, 1.82) is 0 Å². The zero-order chi connectivity index (χ0) is 12.3. The lowest BCUT2D eigenvalue weighted by molar-refractivity contribution is 0.682. The van der Waals surface area contributed by atoms with Gasteiger partial charge in [-0.15, -0.1) is 0 Å². The van der Waals surface area contributed by atoms with E-state index in [-0.39, 0.29) is 5.56 Å². The van der Waals surface area contributed by atoms with Gasteiger partial charge in [0.05, 0.1) is 0 Å². The largest absolute Gasteiger partial charge is 0.329 e. The predicted molar refractivity (Wildman–Crippen MR) is 70.2 cm³/mol. The fourth-order valence-electron chi connectivity index (χ4n) is 1.70. The van der Waals surface area contributed by atoms with Gasteiger partial charge in [-0.05, 0) is 17.7 Å². The van der Waals surface area contributed by atoms with Crippen LogP contribution in [0.5, 0.6) is 0 Å². The number of aromatic nitrogens is 1. The van der Waals surface area contributed by atoms with Gasteiger partial charge < -0.3 is 10.3 Å². The molecule has 0 aliphatic carbocycles. The number of pyridine rings is 1. The van der Waals surface area contributed by atoms with E-state index in [1.54, 1.807) is 16.8 Å². The third kappa shape index (κ3) is 2.57. The molecule has 0 radical (unpaired) electrons. The first-order valence-electron chi connectivity index (χ1n) is 5.38. The Balaban J connectivity index is 2.50. The molecule has 0 aliphatic heterocycles. The second-order valence-corrected chi connectivity index (χ2v) is 4.13. The van der Waals surface area contributed by atoms with Gasteiger partial charge in [0, 0.05) is 35.9 Å². The number of halogens is 1. The lowest BCUT2D eigenvalue weighted by atomic mass is 10.1. The van der Waals surface area contributed by atoms with Crippen molar-refractivity contribution in [1.82, 2.24) is 4.57 Å². The fourth-order valence-corrected chi connectivity index (χ4v) is 1.94. The molecule has 1 aromatic carbocycles. The van der Waals surface area contributed by atoms with Crippen molar-refractivity contribution in [2.45, 2.75) is 6.54 Å². The second kappa shape index (κ2) is 5.17. The molecule has 1 heterocycles. The molecule has 3 nitrogen and oxygen atoms in total. The quantitative estimate of drug-likeness (QED) is 0.905. The van der Waals surface area contributed by atoms with Crippen molar-refractivity contribution < 1.29 is 0 Å². The molecule has 0 unspecified atom stereocenters. The molecule has 0 saturated heterocycles. The van der Waals surface area contributed by atoms with Crippen molar-refractivity contribution in [3.8, 4) is 11.1 Å². The van der Waals surface area contributed by atoms with Gasteiger partial charge in [-0.2, -0.15) is 0 Å². The lowest BCUT2D eigenvalue weighted by Gasteiger charge is -2.08. The molecule has 88 valence electrons. The molecular formula is C13H13ClN2O. The number of nitrogens with two attached hydrogens (primary N) is 1. The molecule has 0 saturated carbocycles. The number of hydrogen-bond acceptors (Lipinski definition) is 2. The van der Waals surface area contributed by atoms with Gasteiger partial charge in [0.1, 0.15) is 0 Å². The minimum atomic E-state index is -0.0498. The van der Waals surface area contributed by atoms with Crippen LogP contribution in [-0.4, -0.2) is 11.1 Å². The average molecular weight is 249 g/mol. The van der Waals surface area contributed by atoms with Crippen molar-refractivity contribution in [3.63, 3.8) is 0 Å². The Hall–Kier alpha value is -1.58. The number of hydrogen-bond donors (Lipinski definition) is 1. The smallest absolute Gasteiger partial charge is 0.250 e. The highest BCUT2D eigenvalue weighted by Gasteiger charge is 2.04. The molecule has 0 amide bonds. The molecule has 0 atom stereocenters. The molecule has 2 aromatic rings. The third-order valence-electron chi connectivity index (χ3n) is 2.54. The van der Waals surface area contributed by atoms with Gasteiger partial charge in [0.15, 0.2) is 0 Å². The Kier molecular flexibility index (Phi) is 3.61. The Morgan fingerprint density at radius 2 is 1.94 bits per heavy atom. The van der Waals surface area contributed by atoms with E-state index in [1.807, 2.05) is 24.3 Å². The van der Waals surface area contributed by atoms with Crippen molar-refractivity contribution in [2.24, 2.45) is 5.73 Å². The van der Waals surface area contributed by atoms with Gasteiger partial charge in [-0.25, -0.2) is 0 Å². The van der Waals surface area contributed by atoms with Crippen molar-refractivity contribution in [2.75, 3.05) is 6.54 Å². The predicted octanol–water partition coefficient (Wildman–Crippen LogP) is 2.13. The minimum Gasteiger partial charge on any atom is -0.329 e. The van der Waals surface area contributed by atoms with Crippen LogP contribution in [0.2, 0.25) is 5.02 Å². The number of benzene rings is 1. The Morgan fingerprint density at radius 3 is 2.65 bits per heavy atom. The highest BCUT2D eigenvalue weighted by Crippen LogP contribution is 2.26. The Labute approximate surface area is 104 Å². The summed E-state index contributed by atoms with van der Waals surface area (Å²) in [6, 6.07) is 10.9. The highest BCUT2D eigenvalue weighted by atomic mass is 35.5. The van der Waals surface area contributed by atoms with E-state index in [0.29, 0.717) is 18.1 Å². The topological polar surface area (TPSA) is 48.0 Å². The fraction of sp³-hybridized carbons (Fsp3) is 0.154. The molecule has 4 heteroatoms. The van der Waals surface area contributed by atoms with Crippen LogP contribution in [-0.2, 0) is 6.54 Å². The van der Waals surface area contributed by atoms with Crippen LogP contribution < -0.4 is 11.3 Å². The molecule has 2 rings (SSSR count). The van der Waals surface area contributed by atoms with Gasteiger partial charge >= 0.3 is 0 Å². The summed E-state index contributed by atoms with van der Waals surface area (Å²) in [4.78, 5) is 11.6. The van der Waals surface area contributed by atoms with Gasteiger partial charge in [-0.1, -0.05) is 29.8 Å². The molecule has 2 N–H and O–H groups in total. The first-order valence-corrected chi connectivity index (χ1v) is 5.75. The van der Waals surface area contributed by atoms with E-state index in [1.165, 1.54) is 6.07 Å². The van der Waals surface area contributed by atoms with Crippen LogP contribution in [0.25, 0.3) is 11.1 Å². The average Bonchev–Trinajstić information content (AvgIpc) is 2.33. The van der Waals surface area contributed by atoms with Crippen molar-refractivity contribution in [3.05, 3.63) is 58.0 Å². The van der Waals surface area contributed by atoms with Crippen LogP contribution in [0.4, 0.5) is 0 Å². The van der Waals surface area contributed by atoms with E-state index in [4.69, 9.17) is 17.3 Å². The van der Waals surface area contributed by atoms with E-state index in [0.717, 1.165) is 11.1 Å². The van der Waals surface area contributed by atoms with E-state index >= 15 is 0 Å². The molecule has 0 bridgehead atoms. The molecule has 0 aliphatic rings. The van der Waals surface area contributed by atoms with Crippen LogP contribution in [0.15, 0.2) is 47.4 Å². The molecule has 0 fully saturated rings. The first kappa shape index (κ1) is 11.9. The summed E-state index contributed by atoms with van der Waals surface area (Å²) in [5.41, 5.74) is 7.25. The minimum absolute atomic E-state index is 0.0498. The van der Waals surface area contributed by atoms with Gasteiger partial charge in [-0.3, -0.25) is 4.79 Å². The summed E-state index contributed by atoms with van der Waals surface area (Å²) in [6.45, 7) is 0.947. The maximum atomic E-state index is 11.6. The zero-order valence-corrected chi connectivity index (χ0v) is 10.0. The highest BCUT2D eigenvalue weighted by molar-refractivity contribution is 6.33. The van der Waals surface area contributed by atoms with Gasteiger partial charge in [0.25, 0.3) is 5.56 Å². The van der Waals surface area contributed by atoms with E-state index in [2.05, 4.69) is 0 Å². The van der Waals surface area contributed by atoms with Gasteiger partial charge in [0.2, 0.25) is 0 Å². The first-order chi connectivity index (χ1) is 8.22. The summed E-state index contributed by atoms with van der Waals surface area (Å²) in [5, 5.41) is 0.672. The zero-order valence-electron chi connectivity index (χ0n) is 9.27. The molecule has 0 spiro atoms. The van der Waals surface area contributed by atoms with E-state index < -0.39 is 0 Å². The standard InChI is InChI=1S/C13H13ClN2O/c14-12-4-2-1-3-11(12)10-5-6-13(17)16(9-10)8-7-15/h1-6,9H,7-8,15H2. The molecular weight excluding hydrogens is 236 g/mol. The summed E-state index contributed by atoms with van der Waals surface area (Å²) < 4.78 is 1.60. The SMILES string of the molecule is NCCn1cc(-c2ccccc2Cl)ccc1=O. The summed E-state index contributed by atoms with van der Waals surface area (Å²) in [5.74, 6) is 0. The molecule has 17 heavy (non-hydrogen) atoms. The Morgan fingerprint density at radius 1 is 1.18 bits per heavy atom.